The molecule has 4 heterocycles. The number of rotatable bonds is 3. The molecule has 0 aliphatic carbocycles. The first-order valence-electron chi connectivity index (χ1n) is 9.19. The molecule has 2 amide bonds. The highest BCUT2D eigenvalue weighted by Crippen LogP contribution is 2.40. The highest BCUT2D eigenvalue weighted by atomic mass is 32.1. The van der Waals surface area contributed by atoms with Gasteiger partial charge in [0, 0.05) is 37.8 Å². The maximum atomic E-state index is 13.9. The van der Waals surface area contributed by atoms with E-state index in [9.17, 15) is 18.4 Å². The Kier molecular flexibility index (Phi) is 5.23. The summed E-state index contributed by atoms with van der Waals surface area (Å²) in [5.41, 5.74) is 0.580. The van der Waals surface area contributed by atoms with Gasteiger partial charge in [-0.05, 0) is 30.4 Å². The number of aromatic nitrogens is 2. The van der Waals surface area contributed by atoms with Gasteiger partial charge in [-0.15, -0.1) is 11.3 Å². The molecule has 3 aromatic rings. The fourth-order valence-electron chi connectivity index (χ4n) is 3.73. The third-order valence-corrected chi connectivity index (χ3v) is 6.27. The highest BCUT2D eigenvalue weighted by molar-refractivity contribution is 7.20. The summed E-state index contributed by atoms with van der Waals surface area (Å²) in [5.74, 6) is -2.41. The lowest BCUT2D eigenvalue weighted by Crippen LogP contribution is -2.39. The molecule has 1 fully saturated rings. The summed E-state index contributed by atoms with van der Waals surface area (Å²) in [4.78, 5) is 35.9. The number of hydrogen-bond acceptors (Lipinski definition) is 5. The van der Waals surface area contributed by atoms with Crippen molar-refractivity contribution < 1.29 is 18.4 Å². The third-order valence-electron chi connectivity index (χ3n) is 5.14. The minimum Gasteiger partial charge on any atom is -0.354 e. The Labute approximate surface area is 169 Å². The van der Waals surface area contributed by atoms with Gasteiger partial charge in [0.15, 0.2) is 11.5 Å². The zero-order chi connectivity index (χ0) is 20.5. The van der Waals surface area contributed by atoms with Gasteiger partial charge in [-0.1, -0.05) is 6.07 Å². The van der Waals surface area contributed by atoms with Gasteiger partial charge in [0.25, 0.3) is 11.8 Å². The summed E-state index contributed by atoms with van der Waals surface area (Å²) >= 11 is 1.36. The fraction of sp³-hybridized carbons (Fsp3) is 0.300. The fourth-order valence-corrected chi connectivity index (χ4v) is 4.91. The van der Waals surface area contributed by atoms with Crippen LogP contribution in [-0.2, 0) is 0 Å². The summed E-state index contributed by atoms with van der Waals surface area (Å²) in [6.07, 6.45) is 3.78. The molecule has 0 aromatic carbocycles. The summed E-state index contributed by atoms with van der Waals surface area (Å²) in [6.45, 7) is 0.791. The van der Waals surface area contributed by atoms with Gasteiger partial charge in [0.1, 0.15) is 10.6 Å². The van der Waals surface area contributed by atoms with Crippen LogP contribution in [0.5, 0.6) is 0 Å². The molecule has 1 saturated heterocycles. The third kappa shape index (κ3) is 3.57. The molecule has 0 saturated carbocycles. The van der Waals surface area contributed by atoms with Gasteiger partial charge in [0.2, 0.25) is 0 Å². The zero-order valence-electron chi connectivity index (χ0n) is 15.6. The molecule has 6 nitrogen and oxygen atoms in total. The Morgan fingerprint density at radius 1 is 1.24 bits per heavy atom. The lowest BCUT2D eigenvalue weighted by Gasteiger charge is -2.32. The number of carbonyl (C=O) groups is 2. The van der Waals surface area contributed by atoms with Gasteiger partial charge < -0.3 is 10.2 Å². The van der Waals surface area contributed by atoms with E-state index in [-0.39, 0.29) is 17.5 Å². The van der Waals surface area contributed by atoms with Crippen LogP contribution in [0.15, 0.2) is 30.6 Å². The number of halogens is 2. The molecule has 0 radical (unpaired) electrons. The monoisotopic (exact) mass is 416 g/mol. The van der Waals surface area contributed by atoms with Crippen molar-refractivity contribution in [1.29, 1.82) is 0 Å². The Morgan fingerprint density at radius 3 is 2.69 bits per heavy atom. The Balaban J connectivity index is 1.57. The van der Waals surface area contributed by atoms with E-state index in [0.29, 0.717) is 36.9 Å². The van der Waals surface area contributed by atoms with Crippen LogP contribution in [0.4, 0.5) is 8.78 Å². The minimum absolute atomic E-state index is 0.0790. The number of thiophene rings is 1. The predicted octanol–water partition coefficient (Wildman–Crippen LogP) is 3.35. The maximum Gasteiger partial charge on any atom is 0.275 e. The maximum absolute atomic E-state index is 13.9. The number of carbonyl (C=O) groups excluding carboxylic acids is 2. The van der Waals surface area contributed by atoms with Crippen LogP contribution < -0.4 is 5.32 Å². The molecular weight excluding hydrogens is 398 g/mol. The first-order chi connectivity index (χ1) is 14.0. The lowest BCUT2D eigenvalue weighted by atomic mass is 9.87. The van der Waals surface area contributed by atoms with Crippen molar-refractivity contribution >= 4 is 33.4 Å². The minimum atomic E-state index is -0.964. The summed E-state index contributed by atoms with van der Waals surface area (Å²) in [7, 11) is 1.59. The van der Waals surface area contributed by atoms with Crippen LogP contribution in [0, 0.1) is 11.6 Å². The van der Waals surface area contributed by atoms with Crippen LogP contribution in [0.3, 0.4) is 0 Å². The van der Waals surface area contributed by atoms with Crippen LogP contribution in [0.2, 0.25) is 0 Å². The molecule has 29 heavy (non-hydrogen) atoms. The first kappa shape index (κ1) is 19.4. The highest BCUT2D eigenvalue weighted by Gasteiger charge is 2.31. The van der Waals surface area contributed by atoms with Crippen molar-refractivity contribution in [3.8, 4) is 0 Å². The molecule has 9 heteroatoms. The normalized spacial score (nSPS) is 14.9. The molecule has 1 aliphatic rings. The number of nitrogens with zero attached hydrogens (tertiary/aromatic N) is 3. The Morgan fingerprint density at radius 2 is 2.00 bits per heavy atom. The van der Waals surface area contributed by atoms with Crippen molar-refractivity contribution in [3.05, 3.63) is 58.4 Å². The molecule has 0 bridgehead atoms. The van der Waals surface area contributed by atoms with Gasteiger partial charge in [0.05, 0.1) is 11.1 Å². The standard InChI is InChI=1S/C20H18F2N4O2S/c1-23-18(27)17-15(13-3-2-6-24-19(13)29-17)11-4-7-26(8-5-11)20(28)16-14(22)9-12(21)10-25-16/h2-3,6,9-11H,4-5,7-8H2,1H3,(H,23,27). The molecule has 1 aliphatic heterocycles. The van der Waals surface area contributed by atoms with Gasteiger partial charge >= 0.3 is 0 Å². The van der Waals surface area contributed by atoms with E-state index in [1.165, 1.54) is 16.2 Å². The summed E-state index contributed by atoms with van der Waals surface area (Å²) < 4.78 is 27.0. The van der Waals surface area contributed by atoms with Crippen LogP contribution >= 0.6 is 11.3 Å². The Bertz CT molecular complexity index is 1090. The van der Waals surface area contributed by atoms with Gasteiger partial charge in [-0.2, -0.15) is 0 Å². The van der Waals surface area contributed by atoms with Crippen molar-refractivity contribution in [2.45, 2.75) is 18.8 Å². The molecule has 1 N–H and O–H groups in total. The van der Waals surface area contributed by atoms with Crippen molar-refractivity contribution in [2.75, 3.05) is 20.1 Å². The predicted molar refractivity (Wildman–Crippen MR) is 105 cm³/mol. The molecule has 3 aromatic heterocycles. The second kappa shape index (κ2) is 7.82. The zero-order valence-corrected chi connectivity index (χ0v) is 16.4. The van der Waals surface area contributed by atoms with Crippen molar-refractivity contribution in [2.24, 2.45) is 0 Å². The van der Waals surface area contributed by atoms with Crippen LogP contribution in [0.1, 0.15) is 44.5 Å². The van der Waals surface area contributed by atoms with Crippen LogP contribution in [0.25, 0.3) is 10.2 Å². The smallest absolute Gasteiger partial charge is 0.275 e. The van der Waals surface area contributed by atoms with E-state index in [1.807, 2.05) is 12.1 Å². The van der Waals surface area contributed by atoms with Gasteiger partial charge in [-0.3, -0.25) is 9.59 Å². The van der Waals surface area contributed by atoms with E-state index in [2.05, 4.69) is 15.3 Å². The van der Waals surface area contributed by atoms with Gasteiger partial charge in [-0.25, -0.2) is 18.7 Å². The molecule has 0 unspecified atom stereocenters. The average Bonchev–Trinajstić information content (AvgIpc) is 3.12. The van der Waals surface area contributed by atoms with E-state index in [1.54, 1.807) is 13.2 Å². The first-order valence-corrected chi connectivity index (χ1v) is 10.0. The van der Waals surface area contributed by atoms with Crippen molar-refractivity contribution in [3.63, 3.8) is 0 Å². The quantitative estimate of drug-likeness (QED) is 0.711. The van der Waals surface area contributed by atoms with Crippen LogP contribution in [-0.4, -0.2) is 46.8 Å². The average molecular weight is 416 g/mol. The Hall–Kier alpha value is -2.94. The molecule has 4 rings (SSSR count). The molecular formula is C20H18F2N4O2S. The van der Waals surface area contributed by atoms with Crippen molar-refractivity contribution in [1.82, 2.24) is 20.2 Å². The number of pyridine rings is 2. The largest absolute Gasteiger partial charge is 0.354 e. The van der Waals surface area contributed by atoms with E-state index >= 15 is 0 Å². The SMILES string of the molecule is CNC(=O)c1sc2ncccc2c1C1CCN(C(=O)c2ncc(F)cc2F)CC1. The second-order valence-corrected chi connectivity index (χ2v) is 7.83. The van der Waals surface area contributed by atoms with E-state index < -0.39 is 17.5 Å². The number of nitrogens with one attached hydrogen (secondary N) is 1. The molecule has 0 atom stereocenters. The van der Waals surface area contributed by atoms with E-state index in [4.69, 9.17) is 0 Å². The number of amides is 2. The van der Waals surface area contributed by atoms with E-state index in [0.717, 1.165) is 22.0 Å². The lowest BCUT2D eigenvalue weighted by molar-refractivity contribution is 0.0700. The molecule has 0 spiro atoms. The molecule has 150 valence electrons. The number of likely N-dealkylation sites (tertiary alicyclic amines) is 1. The number of fused-ring (bicyclic) bond motifs is 1. The number of hydrogen-bond donors (Lipinski definition) is 1. The number of piperidine rings is 1. The summed E-state index contributed by atoms with van der Waals surface area (Å²) in [5, 5.41) is 3.63. The topological polar surface area (TPSA) is 75.2 Å². The second-order valence-electron chi connectivity index (χ2n) is 6.83. The summed E-state index contributed by atoms with van der Waals surface area (Å²) in [6, 6.07) is 4.46.